The van der Waals surface area contributed by atoms with Gasteiger partial charge in [-0.1, -0.05) is 12.1 Å². The van der Waals surface area contributed by atoms with E-state index in [4.69, 9.17) is 4.74 Å². The average molecular weight is 420 g/mol. The van der Waals surface area contributed by atoms with Crippen LogP contribution in [-0.2, 0) is 16.4 Å². The summed E-state index contributed by atoms with van der Waals surface area (Å²) in [6.45, 7) is 0.861. The van der Waals surface area contributed by atoms with Crippen molar-refractivity contribution in [1.82, 2.24) is 15.6 Å². The molecule has 1 aromatic heterocycles. The van der Waals surface area contributed by atoms with E-state index in [-0.39, 0.29) is 35.4 Å². The maximum Gasteiger partial charge on any atom is 0.315 e. The maximum absolute atomic E-state index is 12.0. The van der Waals surface area contributed by atoms with Gasteiger partial charge in [0.2, 0.25) is 5.88 Å². The van der Waals surface area contributed by atoms with Gasteiger partial charge in [0.05, 0.1) is 4.90 Å². The fourth-order valence-electron chi connectivity index (χ4n) is 2.87. The van der Waals surface area contributed by atoms with Crippen molar-refractivity contribution < 1.29 is 23.1 Å². The minimum absolute atomic E-state index is 0.00184. The Bertz CT molecular complexity index is 974. The summed E-state index contributed by atoms with van der Waals surface area (Å²) in [6, 6.07) is 9.36. The summed E-state index contributed by atoms with van der Waals surface area (Å²) in [4.78, 5) is 16.4. The van der Waals surface area contributed by atoms with Crippen LogP contribution in [0.2, 0.25) is 0 Å². The third-order valence-corrected chi connectivity index (χ3v) is 6.08. The van der Waals surface area contributed by atoms with Crippen molar-refractivity contribution in [1.29, 1.82) is 0 Å². The number of hydrogen-bond acceptors (Lipinski definition) is 6. The summed E-state index contributed by atoms with van der Waals surface area (Å²) in [5, 5.41) is 14.8. The van der Waals surface area contributed by atoms with Gasteiger partial charge < -0.3 is 20.5 Å². The van der Waals surface area contributed by atoms with Gasteiger partial charge in [0.1, 0.15) is 5.75 Å². The molecule has 9 heteroatoms. The Hall–Kier alpha value is -2.65. The van der Waals surface area contributed by atoms with Crippen LogP contribution in [0, 0.1) is 5.41 Å². The molecule has 1 heterocycles. The molecular weight excluding hydrogens is 394 g/mol. The van der Waals surface area contributed by atoms with E-state index in [9.17, 15) is 18.3 Å². The van der Waals surface area contributed by atoms with Crippen LogP contribution in [0.5, 0.6) is 11.6 Å². The number of amides is 2. The second-order valence-corrected chi connectivity index (χ2v) is 9.35. The first kappa shape index (κ1) is 21.1. The van der Waals surface area contributed by atoms with Gasteiger partial charge in [-0.2, -0.15) is 0 Å². The van der Waals surface area contributed by atoms with Crippen molar-refractivity contribution in [3.05, 3.63) is 48.2 Å². The highest BCUT2D eigenvalue weighted by Gasteiger charge is 2.41. The van der Waals surface area contributed by atoms with Crippen molar-refractivity contribution in [3.63, 3.8) is 0 Å². The van der Waals surface area contributed by atoms with E-state index in [1.54, 1.807) is 30.5 Å². The van der Waals surface area contributed by atoms with Gasteiger partial charge in [-0.05, 0) is 48.9 Å². The van der Waals surface area contributed by atoms with Crippen molar-refractivity contribution in [2.75, 3.05) is 19.4 Å². The van der Waals surface area contributed by atoms with Crippen molar-refractivity contribution >= 4 is 15.9 Å². The fourth-order valence-corrected chi connectivity index (χ4v) is 3.53. The molecule has 1 saturated carbocycles. The number of sulfone groups is 1. The molecule has 0 atom stereocenters. The lowest BCUT2D eigenvalue weighted by Crippen LogP contribution is -2.36. The van der Waals surface area contributed by atoms with Gasteiger partial charge in [-0.15, -0.1) is 0 Å². The van der Waals surface area contributed by atoms with Crippen LogP contribution in [0.15, 0.2) is 47.5 Å². The third kappa shape index (κ3) is 5.91. The van der Waals surface area contributed by atoms with Gasteiger partial charge in [-0.25, -0.2) is 18.2 Å². The zero-order valence-electron chi connectivity index (χ0n) is 16.2. The molecule has 2 amide bonds. The number of nitrogens with one attached hydrogen (secondary N) is 2. The molecule has 8 nitrogen and oxygen atoms in total. The number of rotatable bonds is 9. The topological polar surface area (TPSA) is 118 Å². The zero-order chi connectivity index (χ0) is 20.9. The van der Waals surface area contributed by atoms with Crippen LogP contribution >= 0.6 is 0 Å². The molecule has 0 unspecified atom stereocenters. The monoisotopic (exact) mass is 419 g/mol. The summed E-state index contributed by atoms with van der Waals surface area (Å²) < 4.78 is 29.2. The molecule has 0 aliphatic heterocycles. The lowest BCUT2D eigenvalue weighted by atomic mass is 10.0. The average Bonchev–Trinajstić information content (AvgIpc) is 3.47. The van der Waals surface area contributed by atoms with E-state index in [1.807, 2.05) is 0 Å². The molecule has 2 aromatic rings. The normalized spacial score (nSPS) is 14.8. The number of aliphatic hydroxyl groups excluding tert-OH is 1. The van der Waals surface area contributed by atoms with Gasteiger partial charge >= 0.3 is 6.03 Å². The lowest BCUT2D eigenvalue weighted by Gasteiger charge is -2.14. The Morgan fingerprint density at radius 2 is 2.03 bits per heavy atom. The SMILES string of the molecule is CS(=O)(=O)c1cccc(Oc2ncccc2CNC(=O)NCCC2(CO)CC2)c1. The number of urea groups is 1. The Labute approximate surface area is 170 Å². The van der Waals surface area contributed by atoms with E-state index >= 15 is 0 Å². The molecule has 29 heavy (non-hydrogen) atoms. The number of aliphatic hydroxyl groups is 1. The van der Waals surface area contributed by atoms with Crippen LogP contribution < -0.4 is 15.4 Å². The highest BCUT2D eigenvalue weighted by molar-refractivity contribution is 7.90. The van der Waals surface area contributed by atoms with Gasteiger partial charge in [0.25, 0.3) is 0 Å². The van der Waals surface area contributed by atoms with Gasteiger partial charge in [0.15, 0.2) is 9.84 Å². The molecule has 1 aliphatic rings. The molecule has 0 spiro atoms. The number of pyridine rings is 1. The summed E-state index contributed by atoms with van der Waals surface area (Å²) in [5.41, 5.74) is 0.652. The molecule has 1 aromatic carbocycles. The van der Waals surface area contributed by atoms with E-state index < -0.39 is 9.84 Å². The largest absolute Gasteiger partial charge is 0.439 e. The lowest BCUT2D eigenvalue weighted by molar-refractivity contribution is 0.201. The Morgan fingerprint density at radius 3 is 2.72 bits per heavy atom. The number of carbonyl (C=O) groups is 1. The van der Waals surface area contributed by atoms with Gasteiger partial charge in [-0.3, -0.25) is 0 Å². The number of benzene rings is 1. The third-order valence-electron chi connectivity index (χ3n) is 4.97. The standard InChI is InChI=1S/C20H25N3O5S/c1-29(26,27)17-6-2-5-16(12-17)28-18-15(4-3-10-21-18)13-23-19(25)22-11-9-20(14-24)7-8-20/h2-6,10,12,24H,7-9,11,13-14H2,1H3,(H2,22,23,25). The molecule has 0 radical (unpaired) electrons. The molecule has 0 bridgehead atoms. The molecule has 3 rings (SSSR count). The maximum atomic E-state index is 12.0. The fraction of sp³-hybridized carbons (Fsp3) is 0.400. The number of carbonyl (C=O) groups excluding carboxylic acids is 1. The minimum Gasteiger partial charge on any atom is -0.439 e. The molecular formula is C20H25N3O5S. The first-order chi connectivity index (χ1) is 13.8. The Balaban J connectivity index is 1.57. The molecule has 1 fully saturated rings. The first-order valence-electron chi connectivity index (χ1n) is 9.36. The number of ether oxygens (including phenoxy) is 1. The summed E-state index contributed by atoms with van der Waals surface area (Å²) in [5.74, 6) is 0.631. The van der Waals surface area contributed by atoms with Crippen LogP contribution in [0.4, 0.5) is 4.79 Å². The van der Waals surface area contributed by atoms with Crippen LogP contribution in [0.1, 0.15) is 24.8 Å². The summed E-state index contributed by atoms with van der Waals surface area (Å²) in [7, 11) is -3.35. The van der Waals surface area contributed by atoms with Crippen LogP contribution in [0.25, 0.3) is 0 Å². The second kappa shape index (κ2) is 8.79. The molecule has 1 aliphatic carbocycles. The zero-order valence-corrected chi connectivity index (χ0v) is 17.0. The smallest absolute Gasteiger partial charge is 0.315 e. The highest BCUT2D eigenvalue weighted by atomic mass is 32.2. The number of nitrogens with zero attached hydrogens (tertiary/aromatic N) is 1. The molecule has 3 N–H and O–H groups in total. The predicted molar refractivity (Wildman–Crippen MR) is 107 cm³/mol. The quantitative estimate of drug-likeness (QED) is 0.574. The van der Waals surface area contributed by atoms with E-state index in [0.29, 0.717) is 17.9 Å². The van der Waals surface area contributed by atoms with Crippen molar-refractivity contribution in [3.8, 4) is 11.6 Å². The van der Waals surface area contributed by atoms with E-state index in [1.165, 1.54) is 12.1 Å². The highest BCUT2D eigenvalue weighted by Crippen LogP contribution is 2.47. The van der Waals surface area contributed by atoms with Gasteiger partial charge in [0, 0.05) is 37.7 Å². The number of aromatic nitrogens is 1. The number of hydrogen-bond donors (Lipinski definition) is 3. The minimum atomic E-state index is -3.35. The molecule has 156 valence electrons. The Morgan fingerprint density at radius 1 is 1.24 bits per heavy atom. The van der Waals surface area contributed by atoms with E-state index in [0.717, 1.165) is 25.5 Å². The summed E-state index contributed by atoms with van der Waals surface area (Å²) in [6.07, 6.45) is 5.46. The Kier molecular flexibility index (Phi) is 6.39. The first-order valence-corrected chi connectivity index (χ1v) is 11.2. The van der Waals surface area contributed by atoms with E-state index in [2.05, 4.69) is 15.6 Å². The summed E-state index contributed by atoms with van der Waals surface area (Å²) >= 11 is 0. The predicted octanol–water partition coefficient (Wildman–Crippen LogP) is 2.24. The molecule has 0 saturated heterocycles. The van der Waals surface area contributed by atoms with Crippen molar-refractivity contribution in [2.24, 2.45) is 5.41 Å². The van der Waals surface area contributed by atoms with Crippen LogP contribution in [0.3, 0.4) is 0 Å². The second-order valence-electron chi connectivity index (χ2n) is 7.33. The van der Waals surface area contributed by atoms with Crippen molar-refractivity contribution in [2.45, 2.75) is 30.7 Å². The van der Waals surface area contributed by atoms with Crippen LogP contribution in [-0.4, -0.2) is 43.9 Å².